The highest BCUT2D eigenvalue weighted by atomic mass is 16.1. The molecule has 0 saturated heterocycles. The lowest BCUT2D eigenvalue weighted by atomic mass is 9.75. The molecule has 0 N–H and O–H groups in total. The second-order valence-electron chi connectivity index (χ2n) is 5.51. The minimum atomic E-state index is 0.151. The summed E-state index contributed by atoms with van der Waals surface area (Å²) >= 11 is 0. The molecule has 0 aromatic rings. The minimum Gasteiger partial charge on any atom is -0.299 e. The quantitative estimate of drug-likeness (QED) is 0.629. The molecule has 2 aliphatic carbocycles. The van der Waals surface area contributed by atoms with Crippen LogP contribution in [0.2, 0.25) is 0 Å². The molecule has 0 amide bonds. The van der Waals surface area contributed by atoms with Gasteiger partial charge in [0.05, 0.1) is 0 Å². The van der Waals surface area contributed by atoms with E-state index in [0.29, 0.717) is 18.2 Å². The zero-order valence-corrected chi connectivity index (χ0v) is 9.18. The zero-order chi connectivity index (χ0) is 10.2. The van der Waals surface area contributed by atoms with E-state index in [-0.39, 0.29) is 5.41 Å². The van der Waals surface area contributed by atoms with Crippen molar-refractivity contribution in [2.75, 3.05) is 0 Å². The van der Waals surface area contributed by atoms with Crippen molar-refractivity contribution in [3.63, 3.8) is 0 Å². The van der Waals surface area contributed by atoms with Crippen molar-refractivity contribution in [3.05, 3.63) is 0 Å². The van der Waals surface area contributed by atoms with E-state index in [1.54, 1.807) is 0 Å². The van der Waals surface area contributed by atoms with E-state index < -0.39 is 0 Å². The summed E-state index contributed by atoms with van der Waals surface area (Å²) in [7, 11) is 0. The molecule has 78 valence electrons. The van der Waals surface area contributed by atoms with Crippen molar-refractivity contribution in [2.24, 2.45) is 10.4 Å². The molecule has 0 atom stereocenters. The Morgan fingerprint density at radius 3 is 2.50 bits per heavy atom. The molecule has 2 nitrogen and oxygen atoms in total. The Hall–Kier alpha value is -0.660. The maximum absolute atomic E-state index is 11.5. The predicted octanol–water partition coefficient (Wildman–Crippen LogP) is 2.76. The van der Waals surface area contributed by atoms with Crippen LogP contribution < -0.4 is 0 Å². The molecule has 2 saturated carbocycles. The lowest BCUT2D eigenvalue weighted by molar-refractivity contribution is -0.120. The van der Waals surface area contributed by atoms with Crippen LogP contribution in [0.1, 0.15) is 52.4 Å². The minimum absolute atomic E-state index is 0.151. The molecule has 2 fully saturated rings. The number of carbonyl (C=O) groups is 1. The van der Waals surface area contributed by atoms with Crippen molar-refractivity contribution in [1.29, 1.82) is 0 Å². The predicted molar refractivity (Wildman–Crippen MR) is 57.7 cm³/mol. The van der Waals surface area contributed by atoms with Crippen LogP contribution in [0.25, 0.3) is 0 Å². The highest BCUT2D eigenvalue weighted by Gasteiger charge is 2.31. The molecule has 0 aliphatic heterocycles. The number of hydrogen-bond donors (Lipinski definition) is 0. The van der Waals surface area contributed by atoms with Gasteiger partial charge < -0.3 is 0 Å². The lowest BCUT2D eigenvalue weighted by Gasteiger charge is -2.31. The van der Waals surface area contributed by atoms with E-state index in [4.69, 9.17) is 0 Å². The van der Waals surface area contributed by atoms with Gasteiger partial charge >= 0.3 is 0 Å². The first-order valence-corrected chi connectivity index (χ1v) is 5.62. The number of Topliss-reactive ketones (excluding diaryl/α,β-unsaturated/α-hetero) is 1. The maximum atomic E-state index is 11.5. The topological polar surface area (TPSA) is 29.4 Å². The average molecular weight is 193 g/mol. The summed E-state index contributed by atoms with van der Waals surface area (Å²) in [6.07, 6.45) is 6.17. The largest absolute Gasteiger partial charge is 0.299 e. The third-order valence-electron chi connectivity index (χ3n) is 3.20. The summed E-state index contributed by atoms with van der Waals surface area (Å²) < 4.78 is 0. The highest BCUT2D eigenvalue weighted by molar-refractivity contribution is 6.04. The van der Waals surface area contributed by atoms with Gasteiger partial charge in [-0.25, -0.2) is 0 Å². The second kappa shape index (κ2) is 3.48. The molecule has 0 aromatic carbocycles. The molecule has 0 bridgehead atoms. The molecule has 0 unspecified atom stereocenters. The Balaban J connectivity index is 2.04. The first kappa shape index (κ1) is 9.88. The van der Waals surface area contributed by atoms with Gasteiger partial charge in [-0.2, -0.15) is 0 Å². The van der Waals surface area contributed by atoms with Crippen LogP contribution in [0.4, 0.5) is 0 Å². The number of nitrogens with zero attached hydrogens (tertiary/aromatic N) is 1. The van der Waals surface area contributed by atoms with Crippen molar-refractivity contribution in [1.82, 2.24) is 0 Å². The van der Waals surface area contributed by atoms with Gasteiger partial charge in [-0.05, 0) is 31.1 Å². The Kier molecular flexibility index (Phi) is 2.46. The zero-order valence-electron chi connectivity index (χ0n) is 9.18. The van der Waals surface area contributed by atoms with Gasteiger partial charge in [0, 0.05) is 24.6 Å². The van der Waals surface area contributed by atoms with Crippen molar-refractivity contribution >= 4 is 11.5 Å². The van der Waals surface area contributed by atoms with E-state index in [2.05, 4.69) is 18.8 Å². The van der Waals surface area contributed by atoms with E-state index in [9.17, 15) is 4.79 Å². The summed E-state index contributed by atoms with van der Waals surface area (Å²) in [5.74, 6) is 0.374. The Labute approximate surface area is 85.8 Å². The van der Waals surface area contributed by atoms with Gasteiger partial charge in [-0.1, -0.05) is 13.8 Å². The molecule has 2 aliphatic rings. The van der Waals surface area contributed by atoms with E-state index in [0.717, 1.165) is 18.6 Å². The van der Waals surface area contributed by atoms with Gasteiger partial charge in [-0.15, -0.1) is 0 Å². The number of carbonyl (C=O) groups excluding carboxylic acids is 1. The fourth-order valence-electron chi connectivity index (χ4n) is 2.37. The van der Waals surface area contributed by atoms with Crippen molar-refractivity contribution in [3.8, 4) is 0 Å². The second-order valence-corrected chi connectivity index (χ2v) is 5.51. The van der Waals surface area contributed by atoms with Gasteiger partial charge in [0.2, 0.25) is 0 Å². The summed E-state index contributed by atoms with van der Waals surface area (Å²) in [5, 5.41) is 0. The highest BCUT2D eigenvalue weighted by Crippen LogP contribution is 2.33. The van der Waals surface area contributed by atoms with Crippen LogP contribution in [0, 0.1) is 5.41 Å². The van der Waals surface area contributed by atoms with Crippen LogP contribution in [0.15, 0.2) is 4.99 Å². The summed E-state index contributed by atoms with van der Waals surface area (Å²) in [6, 6.07) is 0.548. The molecule has 14 heavy (non-hydrogen) atoms. The van der Waals surface area contributed by atoms with Crippen LogP contribution in [0.5, 0.6) is 0 Å². The molecule has 0 heterocycles. The Morgan fingerprint density at radius 1 is 1.29 bits per heavy atom. The SMILES string of the molecule is CC1(C)CC(=O)CC(=NC2CCC2)C1. The lowest BCUT2D eigenvalue weighted by Crippen LogP contribution is -2.30. The number of rotatable bonds is 1. The fraction of sp³-hybridized carbons (Fsp3) is 0.833. The molecule has 0 radical (unpaired) electrons. The Morgan fingerprint density at radius 2 is 2.00 bits per heavy atom. The van der Waals surface area contributed by atoms with Gasteiger partial charge in [0.1, 0.15) is 5.78 Å². The first-order chi connectivity index (χ1) is 6.55. The summed E-state index contributed by atoms with van der Waals surface area (Å²) in [5.41, 5.74) is 1.31. The van der Waals surface area contributed by atoms with Gasteiger partial charge in [0.25, 0.3) is 0 Å². The van der Waals surface area contributed by atoms with Crippen molar-refractivity contribution < 1.29 is 4.79 Å². The molecule has 2 heteroatoms. The molecule has 0 aromatic heterocycles. The molecular weight excluding hydrogens is 174 g/mol. The van der Waals surface area contributed by atoms with Crippen LogP contribution in [-0.2, 0) is 4.79 Å². The normalized spacial score (nSPS) is 30.4. The Bertz CT molecular complexity index is 274. The number of ketones is 1. The number of hydrogen-bond acceptors (Lipinski definition) is 2. The molecular formula is C12H19NO. The molecule has 2 rings (SSSR count). The summed E-state index contributed by atoms with van der Waals surface area (Å²) in [4.78, 5) is 16.2. The smallest absolute Gasteiger partial charge is 0.139 e. The van der Waals surface area contributed by atoms with E-state index >= 15 is 0 Å². The van der Waals surface area contributed by atoms with E-state index in [1.165, 1.54) is 19.3 Å². The average Bonchev–Trinajstić information content (AvgIpc) is 1.92. The molecule has 0 spiro atoms. The van der Waals surface area contributed by atoms with Crippen molar-refractivity contribution in [2.45, 2.75) is 58.4 Å². The monoisotopic (exact) mass is 193 g/mol. The third kappa shape index (κ3) is 2.23. The standard InChI is InChI=1S/C12H19NO/c1-12(2)7-10(6-11(14)8-12)13-9-4-3-5-9/h9H,3-8H2,1-2H3. The van der Waals surface area contributed by atoms with Crippen LogP contribution in [-0.4, -0.2) is 17.5 Å². The van der Waals surface area contributed by atoms with Gasteiger partial charge in [-0.3, -0.25) is 9.79 Å². The van der Waals surface area contributed by atoms with Gasteiger partial charge in [0.15, 0.2) is 0 Å². The maximum Gasteiger partial charge on any atom is 0.139 e. The van der Waals surface area contributed by atoms with Crippen LogP contribution in [0.3, 0.4) is 0 Å². The van der Waals surface area contributed by atoms with Crippen LogP contribution >= 0.6 is 0 Å². The first-order valence-electron chi connectivity index (χ1n) is 5.62. The third-order valence-corrected chi connectivity index (χ3v) is 3.20. The fourth-order valence-corrected chi connectivity index (χ4v) is 2.37. The number of aliphatic imine (C=N–C) groups is 1. The van der Waals surface area contributed by atoms with E-state index in [1.807, 2.05) is 0 Å². The summed E-state index contributed by atoms with van der Waals surface area (Å²) in [6.45, 7) is 4.33.